The zero-order valence-electron chi connectivity index (χ0n) is 13.0. The van der Waals surface area contributed by atoms with E-state index in [-0.39, 0.29) is 11.6 Å². The van der Waals surface area contributed by atoms with Gasteiger partial charge in [0.15, 0.2) is 0 Å². The Morgan fingerprint density at radius 2 is 1.78 bits per heavy atom. The van der Waals surface area contributed by atoms with Gasteiger partial charge in [-0.1, -0.05) is 30.3 Å². The molecule has 3 rings (SSSR count). The first-order chi connectivity index (χ1) is 11.1. The van der Waals surface area contributed by atoms with E-state index in [2.05, 4.69) is 15.1 Å². The maximum absolute atomic E-state index is 11.9. The normalized spacial score (nSPS) is 10.9. The van der Waals surface area contributed by atoms with Gasteiger partial charge in [0.25, 0.3) is 5.56 Å². The summed E-state index contributed by atoms with van der Waals surface area (Å²) in [7, 11) is 0. The summed E-state index contributed by atoms with van der Waals surface area (Å²) in [5.41, 5.74) is 8.37. The number of benzene rings is 1. The number of nitrogens with two attached hydrogens (primary N) is 1. The summed E-state index contributed by atoms with van der Waals surface area (Å²) in [5, 5.41) is 4.42. The van der Waals surface area contributed by atoms with Crippen LogP contribution in [0.3, 0.4) is 0 Å². The van der Waals surface area contributed by atoms with Crippen LogP contribution in [0, 0.1) is 0 Å². The third-order valence-corrected chi connectivity index (χ3v) is 3.40. The Kier molecular flexibility index (Phi) is 3.89. The van der Waals surface area contributed by atoms with Gasteiger partial charge in [-0.05, 0) is 19.9 Å². The molecule has 0 atom stereocenters. The minimum Gasteiger partial charge on any atom is -0.382 e. The predicted molar refractivity (Wildman–Crippen MR) is 89.8 cm³/mol. The standard InChI is InChI=1S/C17H17N5O/c1-11(2)22-15(23)9-8-13(21-22)17-16(19-10-14(18)20-17)12-6-4-3-5-7-12/h3-11H,1-2H3,(H2,18,20). The molecule has 0 fully saturated rings. The van der Waals surface area contributed by atoms with Crippen LogP contribution >= 0.6 is 0 Å². The summed E-state index contributed by atoms with van der Waals surface area (Å²) >= 11 is 0. The van der Waals surface area contributed by atoms with Crippen molar-refractivity contribution in [1.29, 1.82) is 0 Å². The molecule has 0 aliphatic rings. The summed E-state index contributed by atoms with van der Waals surface area (Å²) in [6.45, 7) is 3.81. The molecule has 0 amide bonds. The van der Waals surface area contributed by atoms with Crippen LogP contribution in [0.5, 0.6) is 0 Å². The number of nitrogen functional groups attached to an aromatic ring is 1. The van der Waals surface area contributed by atoms with Gasteiger partial charge in [-0.25, -0.2) is 9.67 Å². The lowest BCUT2D eigenvalue weighted by molar-refractivity contribution is 0.504. The molecule has 2 N–H and O–H groups in total. The molecule has 6 nitrogen and oxygen atoms in total. The second kappa shape index (κ2) is 6.00. The molecule has 116 valence electrons. The molecule has 0 aliphatic carbocycles. The molecule has 0 saturated carbocycles. The Morgan fingerprint density at radius 3 is 2.48 bits per heavy atom. The highest BCUT2D eigenvalue weighted by Gasteiger charge is 2.14. The molecule has 23 heavy (non-hydrogen) atoms. The lowest BCUT2D eigenvalue weighted by atomic mass is 10.1. The topological polar surface area (TPSA) is 86.7 Å². The molecule has 0 unspecified atom stereocenters. The summed E-state index contributed by atoms with van der Waals surface area (Å²) < 4.78 is 1.43. The van der Waals surface area contributed by atoms with E-state index in [1.54, 1.807) is 6.07 Å². The molecule has 0 radical (unpaired) electrons. The van der Waals surface area contributed by atoms with Gasteiger partial charge in [-0.2, -0.15) is 5.10 Å². The van der Waals surface area contributed by atoms with E-state index < -0.39 is 0 Å². The lowest BCUT2D eigenvalue weighted by Crippen LogP contribution is -2.24. The zero-order valence-corrected chi connectivity index (χ0v) is 13.0. The number of hydrogen-bond acceptors (Lipinski definition) is 5. The molecule has 1 aromatic carbocycles. The predicted octanol–water partition coefficient (Wildman–Crippen LogP) is 2.53. The maximum atomic E-state index is 11.9. The van der Waals surface area contributed by atoms with Gasteiger partial charge >= 0.3 is 0 Å². The molecule has 2 heterocycles. The Bertz CT molecular complexity index is 887. The van der Waals surface area contributed by atoms with Crippen molar-refractivity contribution in [2.24, 2.45) is 0 Å². The Balaban J connectivity index is 2.22. The molecular formula is C17H17N5O. The largest absolute Gasteiger partial charge is 0.382 e. The van der Waals surface area contributed by atoms with E-state index in [0.717, 1.165) is 5.56 Å². The lowest BCUT2D eigenvalue weighted by Gasteiger charge is -2.12. The van der Waals surface area contributed by atoms with E-state index in [4.69, 9.17) is 5.73 Å². The average Bonchev–Trinajstić information content (AvgIpc) is 2.56. The fourth-order valence-electron chi connectivity index (χ4n) is 2.31. The highest BCUT2D eigenvalue weighted by molar-refractivity contribution is 5.76. The van der Waals surface area contributed by atoms with Crippen LogP contribution in [0.4, 0.5) is 5.82 Å². The number of aromatic nitrogens is 4. The number of hydrogen-bond donors (Lipinski definition) is 1. The van der Waals surface area contributed by atoms with Crippen LogP contribution < -0.4 is 11.3 Å². The van der Waals surface area contributed by atoms with Crippen molar-refractivity contribution < 1.29 is 0 Å². The number of nitrogens with zero attached hydrogens (tertiary/aromatic N) is 4. The third kappa shape index (κ3) is 2.96. The van der Waals surface area contributed by atoms with Crippen LogP contribution in [0.25, 0.3) is 22.6 Å². The van der Waals surface area contributed by atoms with Gasteiger partial charge in [-0.3, -0.25) is 9.78 Å². The van der Waals surface area contributed by atoms with Crippen LogP contribution in [0.2, 0.25) is 0 Å². The second-order valence-electron chi connectivity index (χ2n) is 5.45. The van der Waals surface area contributed by atoms with Crippen molar-refractivity contribution in [2.45, 2.75) is 19.9 Å². The van der Waals surface area contributed by atoms with Gasteiger partial charge in [0.05, 0.1) is 17.9 Å². The minimum absolute atomic E-state index is 0.0448. The second-order valence-corrected chi connectivity index (χ2v) is 5.45. The van der Waals surface area contributed by atoms with Gasteiger partial charge in [-0.15, -0.1) is 0 Å². The molecule has 6 heteroatoms. The van der Waals surface area contributed by atoms with Crippen molar-refractivity contribution in [1.82, 2.24) is 19.7 Å². The summed E-state index contributed by atoms with van der Waals surface area (Å²) in [6.07, 6.45) is 1.52. The molecule has 3 aromatic rings. The van der Waals surface area contributed by atoms with Crippen LogP contribution in [-0.2, 0) is 0 Å². The number of anilines is 1. The summed E-state index contributed by atoms with van der Waals surface area (Å²) in [6, 6.07) is 12.8. The van der Waals surface area contributed by atoms with Crippen LogP contribution in [-0.4, -0.2) is 19.7 Å². The maximum Gasteiger partial charge on any atom is 0.267 e. The Hall–Kier alpha value is -3.02. The third-order valence-electron chi connectivity index (χ3n) is 3.40. The molecule has 0 spiro atoms. The van der Waals surface area contributed by atoms with Crippen molar-refractivity contribution in [3.8, 4) is 22.6 Å². The molecule has 0 saturated heterocycles. The first kappa shape index (κ1) is 14.9. The summed E-state index contributed by atoms with van der Waals surface area (Å²) in [5.74, 6) is 0.309. The molecule has 2 aromatic heterocycles. The van der Waals surface area contributed by atoms with Gasteiger partial charge in [0.2, 0.25) is 0 Å². The van der Waals surface area contributed by atoms with Crippen LogP contribution in [0.1, 0.15) is 19.9 Å². The van der Waals surface area contributed by atoms with Gasteiger partial charge in [0, 0.05) is 11.6 Å². The zero-order chi connectivity index (χ0) is 16.4. The van der Waals surface area contributed by atoms with E-state index in [1.165, 1.54) is 16.9 Å². The first-order valence-electron chi connectivity index (χ1n) is 7.34. The van der Waals surface area contributed by atoms with E-state index in [0.29, 0.717) is 22.9 Å². The van der Waals surface area contributed by atoms with Gasteiger partial charge < -0.3 is 5.73 Å². The highest BCUT2D eigenvalue weighted by atomic mass is 16.1. The SMILES string of the molecule is CC(C)n1nc(-c2nc(N)cnc2-c2ccccc2)ccc1=O. The molecule has 0 bridgehead atoms. The first-order valence-corrected chi connectivity index (χ1v) is 7.34. The van der Waals surface area contributed by atoms with Crippen molar-refractivity contribution in [3.63, 3.8) is 0 Å². The average molecular weight is 307 g/mol. The fourth-order valence-corrected chi connectivity index (χ4v) is 2.31. The minimum atomic E-state index is -0.151. The van der Waals surface area contributed by atoms with Gasteiger partial charge in [0.1, 0.15) is 17.2 Å². The van der Waals surface area contributed by atoms with Crippen LogP contribution in [0.15, 0.2) is 53.5 Å². The molecule has 0 aliphatic heterocycles. The van der Waals surface area contributed by atoms with Crippen molar-refractivity contribution >= 4 is 5.82 Å². The highest BCUT2D eigenvalue weighted by Crippen LogP contribution is 2.27. The van der Waals surface area contributed by atoms with E-state index >= 15 is 0 Å². The Morgan fingerprint density at radius 1 is 1.04 bits per heavy atom. The quantitative estimate of drug-likeness (QED) is 0.803. The van der Waals surface area contributed by atoms with E-state index in [1.807, 2.05) is 44.2 Å². The Labute approximate surface area is 133 Å². The van der Waals surface area contributed by atoms with Crippen molar-refractivity contribution in [3.05, 3.63) is 59.0 Å². The number of rotatable bonds is 3. The fraction of sp³-hybridized carbons (Fsp3) is 0.176. The molecular weight excluding hydrogens is 290 g/mol. The van der Waals surface area contributed by atoms with Crippen molar-refractivity contribution in [2.75, 3.05) is 5.73 Å². The van der Waals surface area contributed by atoms with E-state index in [9.17, 15) is 4.79 Å². The monoisotopic (exact) mass is 307 g/mol. The smallest absolute Gasteiger partial charge is 0.267 e. The summed E-state index contributed by atoms with van der Waals surface area (Å²) in [4.78, 5) is 20.7.